The largest absolute Gasteiger partial charge is 0.320 e. The van der Waals surface area contributed by atoms with Crippen molar-refractivity contribution in [3.8, 4) is 0 Å². The fraction of sp³-hybridized carbons (Fsp3) is 0.286. The van der Waals surface area contributed by atoms with Crippen molar-refractivity contribution < 1.29 is 17.2 Å². The first-order valence-corrected chi connectivity index (χ1v) is 6.01. The fourth-order valence-corrected chi connectivity index (χ4v) is 2.09. The maximum absolute atomic E-state index is 12.4. The first-order chi connectivity index (χ1) is 6.73. The molecule has 15 heavy (non-hydrogen) atoms. The van der Waals surface area contributed by atoms with Crippen LogP contribution in [0.4, 0.5) is 8.78 Å². The van der Waals surface area contributed by atoms with E-state index in [1.165, 1.54) is 6.92 Å². The summed E-state index contributed by atoms with van der Waals surface area (Å²) >= 11 is 0. The zero-order valence-corrected chi connectivity index (χ0v) is 8.99. The van der Waals surface area contributed by atoms with Crippen LogP contribution in [0.5, 0.6) is 0 Å². The minimum Gasteiger partial charge on any atom is -0.320 e. The van der Waals surface area contributed by atoms with Crippen molar-refractivity contribution in [1.82, 2.24) is 4.98 Å². The summed E-state index contributed by atoms with van der Waals surface area (Å²) in [5.41, 5.74) is -1.76. The van der Waals surface area contributed by atoms with Gasteiger partial charge in [0.15, 0.2) is 0 Å². The second-order valence-corrected chi connectivity index (χ2v) is 5.33. The van der Waals surface area contributed by atoms with Gasteiger partial charge in [0.1, 0.15) is 10.6 Å². The lowest BCUT2D eigenvalue weighted by Crippen LogP contribution is -2.15. The standard InChI is InChI=1S/C7H6ClF2NO3S/c1-3-2-4(15(8,13)14)5(6(9)10)11-7(3)12/h2,6H,1H3,(H,11,12). The van der Waals surface area contributed by atoms with E-state index in [1.807, 2.05) is 0 Å². The Bertz CT molecular complexity index is 538. The zero-order valence-electron chi connectivity index (χ0n) is 7.42. The number of halogens is 3. The average molecular weight is 258 g/mol. The molecule has 0 spiro atoms. The highest BCUT2D eigenvalue weighted by molar-refractivity contribution is 8.13. The first-order valence-electron chi connectivity index (χ1n) is 3.70. The summed E-state index contributed by atoms with van der Waals surface area (Å²) in [6.07, 6.45) is -3.11. The number of aryl methyl sites for hydroxylation is 1. The molecule has 0 saturated heterocycles. The Hall–Kier alpha value is -0.950. The van der Waals surface area contributed by atoms with Gasteiger partial charge in [-0.15, -0.1) is 0 Å². The molecule has 1 N–H and O–H groups in total. The maximum atomic E-state index is 12.4. The van der Waals surface area contributed by atoms with Gasteiger partial charge in [-0.1, -0.05) is 0 Å². The van der Waals surface area contributed by atoms with Crippen LogP contribution in [-0.2, 0) is 9.05 Å². The number of aromatic amines is 1. The van der Waals surface area contributed by atoms with Crippen molar-refractivity contribution in [3.05, 3.63) is 27.7 Å². The highest BCUT2D eigenvalue weighted by Gasteiger charge is 2.23. The predicted octanol–water partition coefficient (Wildman–Crippen LogP) is 1.55. The minimum atomic E-state index is -4.30. The Morgan fingerprint density at radius 2 is 2.00 bits per heavy atom. The lowest BCUT2D eigenvalue weighted by molar-refractivity contribution is 0.142. The molecule has 0 fully saturated rings. The zero-order chi connectivity index (χ0) is 11.8. The fourth-order valence-electron chi connectivity index (χ4n) is 0.986. The number of pyridine rings is 1. The molecule has 0 unspecified atom stereocenters. The Morgan fingerprint density at radius 3 is 2.40 bits per heavy atom. The third-order valence-electron chi connectivity index (χ3n) is 1.70. The quantitative estimate of drug-likeness (QED) is 0.818. The van der Waals surface area contributed by atoms with E-state index >= 15 is 0 Å². The highest BCUT2D eigenvalue weighted by atomic mass is 35.7. The summed E-state index contributed by atoms with van der Waals surface area (Å²) in [5.74, 6) is 0. The summed E-state index contributed by atoms with van der Waals surface area (Å²) in [6, 6.07) is 0.822. The molecule has 0 aliphatic rings. The van der Waals surface area contributed by atoms with Crippen LogP contribution in [0.3, 0.4) is 0 Å². The molecule has 1 heterocycles. The topological polar surface area (TPSA) is 67.0 Å². The molecule has 0 atom stereocenters. The van der Waals surface area contributed by atoms with Gasteiger partial charge in [0.2, 0.25) is 0 Å². The van der Waals surface area contributed by atoms with Crippen LogP contribution < -0.4 is 5.56 Å². The molecule has 0 aliphatic carbocycles. The summed E-state index contributed by atoms with van der Waals surface area (Å²) in [5, 5.41) is 0. The van der Waals surface area contributed by atoms with Crippen LogP contribution in [0, 0.1) is 6.92 Å². The predicted molar refractivity (Wildman–Crippen MR) is 49.8 cm³/mol. The molecule has 0 radical (unpaired) electrons. The van der Waals surface area contributed by atoms with Crippen LogP contribution in [0.25, 0.3) is 0 Å². The van der Waals surface area contributed by atoms with E-state index in [9.17, 15) is 22.0 Å². The van der Waals surface area contributed by atoms with Crippen LogP contribution in [-0.4, -0.2) is 13.4 Å². The van der Waals surface area contributed by atoms with Crippen LogP contribution >= 0.6 is 10.7 Å². The van der Waals surface area contributed by atoms with Crippen molar-refractivity contribution in [2.75, 3.05) is 0 Å². The van der Waals surface area contributed by atoms with E-state index in [0.29, 0.717) is 0 Å². The van der Waals surface area contributed by atoms with Gasteiger partial charge in [-0.3, -0.25) is 4.79 Å². The van der Waals surface area contributed by atoms with Gasteiger partial charge >= 0.3 is 0 Å². The number of aromatic nitrogens is 1. The molecule has 0 aliphatic heterocycles. The number of H-pyrrole nitrogens is 1. The molecule has 8 heteroatoms. The smallest absolute Gasteiger partial charge is 0.279 e. The summed E-state index contributed by atoms with van der Waals surface area (Å²) in [6.45, 7) is 1.29. The molecule has 4 nitrogen and oxygen atoms in total. The van der Waals surface area contributed by atoms with Gasteiger partial charge in [0.05, 0.1) is 0 Å². The third kappa shape index (κ3) is 2.54. The molecule has 1 rings (SSSR count). The second kappa shape index (κ2) is 3.90. The molecule has 84 valence electrons. The minimum absolute atomic E-state index is 0.00127. The summed E-state index contributed by atoms with van der Waals surface area (Å²) < 4.78 is 46.6. The Labute approximate surface area is 88.3 Å². The van der Waals surface area contributed by atoms with Crippen molar-refractivity contribution in [2.24, 2.45) is 0 Å². The molecule has 0 saturated carbocycles. The SMILES string of the molecule is Cc1cc(S(=O)(=O)Cl)c(C(F)F)[nH]c1=O. The van der Waals surface area contributed by atoms with Gasteiger partial charge in [0.25, 0.3) is 21.0 Å². The normalized spacial score (nSPS) is 12.1. The number of nitrogens with one attached hydrogen (secondary N) is 1. The van der Waals surface area contributed by atoms with Crippen molar-refractivity contribution >= 4 is 19.7 Å². The van der Waals surface area contributed by atoms with Gasteiger partial charge in [-0.05, 0) is 13.0 Å². The Balaban J connectivity index is 3.64. The number of hydrogen-bond acceptors (Lipinski definition) is 3. The molecule has 0 amide bonds. The lowest BCUT2D eigenvalue weighted by Gasteiger charge is -2.05. The van der Waals surface area contributed by atoms with E-state index in [-0.39, 0.29) is 5.56 Å². The molecule has 0 aromatic carbocycles. The van der Waals surface area contributed by atoms with Crippen LogP contribution in [0.15, 0.2) is 15.8 Å². The monoisotopic (exact) mass is 257 g/mol. The van der Waals surface area contributed by atoms with E-state index in [4.69, 9.17) is 10.7 Å². The number of alkyl halides is 2. The van der Waals surface area contributed by atoms with Gasteiger partial charge in [-0.25, -0.2) is 17.2 Å². The van der Waals surface area contributed by atoms with E-state index < -0.39 is 31.6 Å². The lowest BCUT2D eigenvalue weighted by atomic mass is 10.3. The Kier molecular flexibility index (Phi) is 3.15. The first kappa shape index (κ1) is 12.1. The molecular weight excluding hydrogens is 252 g/mol. The average Bonchev–Trinajstić information content (AvgIpc) is 2.06. The molecule has 1 aromatic heterocycles. The maximum Gasteiger partial charge on any atom is 0.279 e. The highest BCUT2D eigenvalue weighted by Crippen LogP contribution is 2.26. The van der Waals surface area contributed by atoms with Crippen LogP contribution in [0.2, 0.25) is 0 Å². The molecule has 0 bridgehead atoms. The molecule has 1 aromatic rings. The van der Waals surface area contributed by atoms with E-state index in [0.717, 1.165) is 6.07 Å². The summed E-state index contributed by atoms with van der Waals surface area (Å²) in [4.78, 5) is 12.0. The summed E-state index contributed by atoms with van der Waals surface area (Å²) in [7, 11) is 0.653. The van der Waals surface area contributed by atoms with Crippen molar-refractivity contribution in [3.63, 3.8) is 0 Å². The molecular formula is C7H6ClF2NO3S. The van der Waals surface area contributed by atoms with Crippen LogP contribution in [0.1, 0.15) is 17.7 Å². The van der Waals surface area contributed by atoms with E-state index in [2.05, 4.69) is 0 Å². The number of rotatable bonds is 2. The van der Waals surface area contributed by atoms with Crippen molar-refractivity contribution in [1.29, 1.82) is 0 Å². The van der Waals surface area contributed by atoms with Gasteiger partial charge in [-0.2, -0.15) is 0 Å². The van der Waals surface area contributed by atoms with E-state index in [1.54, 1.807) is 4.98 Å². The van der Waals surface area contributed by atoms with Gasteiger partial charge in [0, 0.05) is 16.2 Å². The van der Waals surface area contributed by atoms with Gasteiger partial charge < -0.3 is 4.98 Å². The Morgan fingerprint density at radius 1 is 1.47 bits per heavy atom. The number of hydrogen-bond donors (Lipinski definition) is 1. The second-order valence-electron chi connectivity index (χ2n) is 2.80. The van der Waals surface area contributed by atoms with Crippen molar-refractivity contribution in [2.45, 2.75) is 18.2 Å². The third-order valence-corrected chi connectivity index (χ3v) is 3.06.